The molecule has 0 saturated carbocycles. The SMILES string of the molecule is CCC(C(=O)OCC(F)(F)F)C(CC)(CC)OC(=O)C(CC(C)C)C(C)(C)C. The van der Waals surface area contributed by atoms with E-state index in [1.54, 1.807) is 20.8 Å². The second-order valence-electron chi connectivity index (χ2n) is 8.92. The molecule has 0 spiro atoms. The number of ether oxygens (including phenoxy) is 2. The minimum absolute atomic E-state index is 0.218. The molecule has 166 valence electrons. The van der Waals surface area contributed by atoms with Crippen LogP contribution < -0.4 is 0 Å². The Balaban J connectivity index is 5.67. The van der Waals surface area contributed by atoms with E-state index in [0.717, 1.165) is 0 Å². The predicted molar refractivity (Wildman–Crippen MR) is 103 cm³/mol. The summed E-state index contributed by atoms with van der Waals surface area (Å²) in [4.78, 5) is 25.5. The lowest BCUT2D eigenvalue weighted by atomic mass is 9.75. The van der Waals surface area contributed by atoms with Crippen molar-refractivity contribution in [3.63, 3.8) is 0 Å². The maximum atomic E-state index is 13.1. The Morgan fingerprint density at radius 3 is 1.71 bits per heavy atom. The predicted octanol–water partition coefficient (Wildman–Crippen LogP) is 5.93. The molecule has 0 saturated heterocycles. The summed E-state index contributed by atoms with van der Waals surface area (Å²) in [7, 11) is 0. The highest BCUT2D eigenvalue weighted by molar-refractivity contribution is 5.77. The number of carbonyl (C=O) groups is 2. The number of halogens is 3. The van der Waals surface area contributed by atoms with Gasteiger partial charge in [-0.3, -0.25) is 9.59 Å². The Bertz CT molecular complexity index is 503. The molecule has 4 nitrogen and oxygen atoms in total. The molecular weight excluding hydrogens is 373 g/mol. The van der Waals surface area contributed by atoms with Gasteiger partial charge in [0.2, 0.25) is 0 Å². The van der Waals surface area contributed by atoms with E-state index in [0.29, 0.717) is 19.3 Å². The molecule has 0 heterocycles. The normalized spacial score (nSPS) is 15.3. The van der Waals surface area contributed by atoms with Crippen LogP contribution in [0.2, 0.25) is 0 Å². The first-order valence-corrected chi connectivity index (χ1v) is 10.1. The summed E-state index contributed by atoms with van der Waals surface area (Å²) < 4.78 is 47.7. The number of esters is 2. The van der Waals surface area contributed by atoms with Crippen molar-refractivity contribution in [2.75, 3.05) is 6.61 Å². The maximum Gasteiger partial charge on any atom is 0.422 e. The van der Waals surface area contributed by atoms with E-state index in [9.17, 15) is 22.8 Å². The Morgan fingerprint density at radius 2 is 1.39 bits per heavy atom. The zero-order chi connectivity index (χ0) is 22.3. The topological polar surface area (TPSA) is 52.6 Å². The molecule has 0 bridgehead atoms. The van der Waals surface area contributed by atoms with Crippen molar-refractivity contribution < 1.29 is 32.2 Å². The molecule has 0 N–H and O–H groups in total. The molecule has 0 amide bonds. The van der Waals surface area contributed by atoms with Crippen molar-refractivity contribution in [3.05, 3.63) is 0 Å². The molecule has 0 aromatic heterocycles. The van der Waals surface area contributed by atoms with Gasteiger partial charge >= 0.3 is 18.1 Å². The number of rotatable bonds is 10. The molecule has 2 unspecified atom stereocenters. The van der Waals surface area contributed by atoms with Gasteiger partial charge in [0.25, 0.3) is 0 Å². The smallest absolute Gasteiger partial charge is 0.422 e. The van der Waals surface area contributed by atoms with Crippen LogP contribution in [0, 0.1) is 23.2 Å². The lowest BCUT2D eigenvalue weighted by Crippen LogP contribution is -2.48. The summed E-state index contributed by atoms with van der Waals surface area (Å²) in [5.41, 5.74) is -1.53. The number of carbonyl (C=O) groups excluding carboxylic acids is 2. The van der Waals surface area contributed by atoms with Crippen molar-refractivity contribution in [1.82, 2.24) is 0 Å². The number of hydrogen-bond acceptors (Lipinski definition) is 4. The first-order chi connectivity index (χ1) is 12.6. The van der Waals surface area contributed by atoms with Crippen LogP contribution in [-0.2, 0) is 19.1 Å². The zero-order valence-corrected chi connectivity index (χ0v) is 18.5. The highest BCUT2D eigenvalue weighted by Gasteiger charge is 2.46. The summed E-state index contributed by atoms with van der Waals surface area (Å²) in [5, 5.41) is 0. The molecule has 7 heteroatoms. The Hall–Kier alpha value is -1.27. The summed E-state index contributed by atoms with van der Waals surface area (Å²) >= 11 is 0. The molecule has 28 heavy (non-hydrogen) atoms. The van der Waals surface area contributed by atoms with Crippen molar-refractivity contribution in [2.24, 2.45) is 23.2 Å². The highest BCUT2D eigenvalue weighted by atomic mass is 19.4. The molecule has 0 aliphatic heterocycles. The molecule has 0 radical (unpaired) electrons. The summed E-state index contributed by atoms with van der Waals surface area (Å²) in [6.45, 7) is 13.5. The average molecular weight is 411 g/mol. The van der Waals surface area contributed by atoms with E-state index in [-0.39, 0.29) is 23.7 Å². The Labute approximate surface area is 167 Å². The number of alkyl halides is 3. The number of hydrogen-bond donors (Lipinski definition) is 0. The van der Waals surface area contributed by atoms with E-state index in [4.69, 9.17) is 4.74 Å². The molecule has 0 fully saturated rings. The first kappa shape index (κ1) is 26.7. The van der Waals surface area contributed by atoms with Crippen molar-refractivity contribution >= 4 is 11.9 Å². The lowest BCUT2D eigenvalue weighted by Gasteiger charge is -2.40. The van der Waals surface area contributed by atoms with Crippen LogP contribution in [0.5, 0.6) is 0 Å². The second-order valence-corrected chi connectivity index (χ2v) is 8.92. The third-order valence-corrected chi connectivity index (χ3v) is 5.24. The lowest BCUT2D eigenvalue weighted by molar-refractivity contribution is -0.201. The molecule has 2 atom stereocenters. The van der Waals surface area contributed by atoms with Crippen molar-refractivity contribution in [3.8, 4) is 0 Å². The van der Waals surface area contributed by atoms with E-state index in [1.807, 2.05) is 34.6 Å². The van der Waals surface area contributed by atoms with Gasteiger partial charge in [-0.1, -0.05) is 55.4 Å². The maximum absolute atomic E-state index is 13.1. The van der Waals surface area contributed by atoms with Gasteiger partial charge < -0.3 is 9.47 Å². The zero-order valence-electron chi connectivity index (χ0n) is 18.5. The van der Waals surface area contributed by atoms with Crippen LogP contribution in [0.25, 0.3) is 0 Å². The minimum atomic E-state index is -4.60. The van der Waals surface area contributed by atoms with Crippen LogP contribution in [0.3, 0.4) is 0 Å². The van der Waals surface area contributed by atoms with Gasteiger partial charge in [-0.25, -0.2) is 0 Å². The molecule has 0 rings (SSSR count). The van der Waals surface area contributed by atoms with Crippen LogP contribution in [0.4, 0.5) is 13.2 Å². The monoisotopic (exact) mass is 410 g/mol. The Morgan fingerprint density at radius 1 is 0.893 bits per heavy atom. The van der Waals surface area contributed by atoms with Crippen molar-refractivity contribution in [2.45, 2.75) is 92.9 Å². The average Bonchev–Trinajstić information content (AvgIpc) is 2.55. The van der Waals surface area contributed by atoms with Gasteiger partial charge in [-0.05, 0) is 37.0 Å². The fourth-order valence-corrected chi connectivity index (χ4v) is 3.51. The van der Waals surface area contributed by atoms with E-state index < -0.39 is 36.2 Å². The fourth-order valence-electron chi connectivity index (χ4n) is 3.51. The van der Waals surface area contributed by atoms with E-state index in [1.165, 1.54) is 0 Å². The molecule has 0 aliphatic carbocycles. The summed E-state index contributed by atoms with van der Waals surface area (Å²) in [5.74, 6) is -2.45. The third-order valence-electron chi connectivity index (χ3n) is 5.24. The van der Waals surface area contributed by atoms with E-state index >= 15 is 0 Å². The second kappa shape index (κ2) is 10.5. The van der Waals surface area contributed by atoms with Crippen LogP contribution in [0.1, 0.15) is 81.1 Å². The summed E-state index contributed by atoms with van der Waals surface area (Å²) in [6.07, 6.45) is -3.13. The summed E-state index contributed by atoms with van der Waals surface area (Å²) in [6, 6.07) is 0. The van der Waals surface area contributed by atoms with Crippen LogP contribution in [-0.4, -0.2) is 30.3 Å². The standard InChI is InChI=1S/C21H37F3O4/c1-9-15(17(25)27-13-21(22,23)24)20(10-2,11-3)28-18(26)16(12-14(4)5)19(6,7)8/h14-16H,9-13H2,1-8H3. The van der Waals surface area contributed by atoms with Gasteiger partial charge in [-0.2, -0.15) is 13.2 Å². The fraction of sp³-hybridized carbons (Fsp3) is 0.905. The first-order valence-electron chi connectivity index (χ1n) is 10.1. The largest absolute Gasteiger partial charge is 0.458 e. The van der Waals surface area contributed by atoms with Gasteiger partial charge in [0.1, 0.15) is 5.60 Å². The van der Waals surface area contributed by atoms with Gasteiger partial charge in [0.15, 0.2) is 6.61 Å². The third kappa shape index (κ3) is 8.00. The van der Waals surface area contributed by atoms with Crippen LogP contribution in [0.15, 0.2) is 0 Å². The van der Waals surface area contributed by atoms with Gasteiger partial charge in [0.05, 0.1) is 11.8 Å². The molecule has 0 aromatic rings. The van der Waals surface area contributed by atoms with Crippen molar-refractivity contribution in [1.29, 1.82) is 0 Å². The Kier molecular flexibility index (Phi) is 10.0. The molecule has 0 aromatic carbocycles. The van der Waals surface area contributed by atoms with Crippen LogP contribution >= 0.6 is 0 Å². The van der Waals surface area contributed by atoms with Gasteiger partial charge in [-0.15, -0.1) is 0 Å². The quantitative estimate of drug-likeness (QED) is 0.419. The van der Waals surface area contributed by atoms with E-state index in [2.05, 4.69) is 4.74 Å². The molecule has 0 aliphatic rings. The van der Waals surface area contributed by atoms with Gasteiger partial charge in [0, 0.05) is 0 Å². The highest BCUT2D eigenvalue weighted by Crippen LogP contribution is 2.38. The molecular formula is C21H37F3O4. The minimum Gasteiger partial charge on any atom is -0.458 e.